The lowest BCUT2D eigenvalue weighted by molar-refractivity contribution is -0.137. The van der Waals surface area contributed by atoms with Crippen molar-refractivity contribution in [2.45, 2.75) is 44.8 Å². The SMILES string of the molecule is Cc1nc(N2CCOCC2)[nH]c(=O)c1CCC(=O)NC1CCN(c2ccc(C(F)(F)F)cn2)CC1. The highest BCUT2D eigenvalue weighted by Crippen LogP contribution is 2.29. The van der Waals surface area contributed by atoms with Crippen molar-refractivity contribution < 1.29 is 22.7 Å². The van der Waals surface area contributed by atoms with Gasteiger partial charge < -0.3 is 19.9 Å². The van der Waals surface area contributed by atoms with Crippen LogP contribution in [0.3, 0.4) is 0 Å². The van der Waals surface area contributed by atoms with Gasteiger partial charge in [0.15, 0.2) is 0 Å². The predicted molar refractivity (Wildman–Crippen MR) is 124 cm³/mol. The summed E-state index contributed by atoms with van der Waals surface area (Å²) in [5, 5.41) is 3.00. The number of aromatic nitrogens is 3. The van der Waals surface area contributed by atoms with Gasteiger partial charge in [0.2, 0.25) is 11.9 Å². The Morgan fingerprint density at radius 2 is 1.89 bits per heavy atom. The molecule has 2 fully saturated rings. The first kappa shape index (κ1) is 25.0. The molecule has 2 aliphatic heterocycles. The first-order valence-corrected chi connectivity index (χ1v) is 11.7. The summed E-state index contributed by atoms with van der Waals surface area (Å²) >= 11 is 0. The zero-order valence-corrected chi connectivity index (χ0v) is 19.5. The van der Waals surface area contributed by atoms with Crippen molar-refractivity contribution in [2.75, 3.05) is 49.2 Å². The summed E-state index contributed by atoms with van der Waals surface area (Å²) in [4.78, 5) is 40.3. The number of aryl methyl sites for hydroxylation is 1. The molecule has 2 saturated heterocycles. The van der Waals surface area contributed by atoms with E-state index in [1.165, 1.54) is 6.07 Å². The van der Waals surface area contributed by atoms with Crippen LogP contribution in [0.25, 0.3) is 0 Å². The molecule has 0 saturated carbocycles. The number of carbonyl (C=O) groups is 1. The second-order valence-electron chi connectivity index (χ2n) is 8.78. The highest BCUT2D eigenvalue weighted by atomic mass is 19.4. The second-order valence-corrected chi connectivity index (χ2v) is 8.78. The van der Waals surface area contributed by atoms with Crippen molar-refractivity contribution in [1.82, 2.24) is 20.3 Å². The maximum atomic E-state index is 12.7. The lowest BCUT2D eigenvalue weighted by atomic mass is 10.0. The van der Waals surface area contributed by atoms with E-state index < -0.39 is 11.7 Å². The van der Waals surface area contributed by atoms with Crippen molar-refractivity contribution in [3.05, 3.63) is 45.5 Å². The smallest absolute Gasteiger partial charge is 0.378 e. The average Bonchev–Trinajstić information content (AvgIpc) is 2.84. The van der Waals surface area contributed by atoms with Crippen LogP contribution in [0.4, 0.5) is 24.9 Å². The van der Waals surface area contributed by atoms with Gasteiger partial charge in [0, 0.05) is 56.1 Å². The highest BCUT2D eigenvalue weighted by Gasteiger charge is 2.31. The molecule has 0 aliphatic carbocycles. The number of morpholine rings is 1. The van der Waals surface area contributed by atoms with Gasteiger partial charge in [-0.3, -0.25) is 14.6 Å². The molecule has 9 nitrogen and oxygen atoms in total. The van der Waals surface area contributed by atoms with Crippen molar-refractivity contribution in [1.29, 1.82) is 0 Å². The highest BCUT2D eigenvalue weighted by molar-refractivity contribution is 5.76. The van der Waals surface area contributed by atoms with Crippen molar-refractivity contribution >= 4 is 17.7 Å². The predicted octanol–water partition coefficient (Wildman–Crippen LogP) is 2.05. The molecule has 2 N–H and O–H groups in total. The van der Waals surface area contributed by atoms with Crippen LogP contribution in [0.2, 0.25) is 0 Å². The van der Waals surface area contributed by atoms with E-state index in [1.54, 1.807) is 6.92 Å². The van der Waals surface area contributed by atoms with E-state index in [-0.39, 0.29) is 30.3 Å². The van der Waals surface area contributed by atoms with E-state index in [2.05, 4.69) is 20.3 Å². The maximum Gasteiger partial charge on any atom is 0.417 e. The van der Waals surface area contributed by atoms with Gasteiger partial charge in [-0.05, 0) is 38.3 Å². The summed E-state index contributed by atoms with van der Waals surface area (Å²) in [5.41, 5.74) is 0.105. The third-order valence-corrected chi connectivity index (χ3v) is 6.38. The van der Waals surface area contributed by atoms with Crippen LogP contribution in [-0.2, 0) is 22.1 Å². The Labute approximate surface area is 200 Å². The maximum absolute atomic E-state index is 12.7. The van der Waals surface area contributed by atoms with E-state index in [0.717, 1.165) is 12.3 Å². The monoisotopic (exact) mass is 494 g/mol. The summed E-state index contributed by atoms with van der Waals surface area (Å²) in [6, 6.07) is 2.37. The molecule has 0 aromatic carbocycles. The molecule has 2 aromatic heterocycles. The molecule has 2 aliphatic rings. The second kappa shape index (κ2) is 10.6. The fourth-order valence-electron chi connectivity index (χ4n) is 4.35. The zero-order chi connectivity index (χ0) is 25.0. The van der Waals surface area contributed by atoms with Gasteiger partial charge in [-0.1, -0.05) is 0 Å². The van der Waals surface area contributed by atoms with Gasteiger partial charge in [0.05, 0.1) is 18.8 Å². The van der Waals surface area contributed by atoms with Gasteiger partial charge >= 0.3 is 6.18 Å². The number of pyridine rings is 1. The number of hydrogen-bond acceptors (Lipinski definition) is 7. The summed E-state index contributed by atoms with van der Waals surface area (Å²) in [5.74, 6) is 0.871. The van der Waals surface area contributed by atoms with Crippen LogP contribution in [0.1, 0.15) is 36.1 Å². The van der Waals surface area contributed by atoms with Crippen LogP contribution in [0.5, 0.6) is 0 Å². The van der Waals surface area contributed by atoms with E-state index >= 15 is 0 Å². The Bertz CT molecular complexity index is 1080. The van der Waals surface area contributed by atoms with Crippen LogP contribution in [-0.4, -0.2) is 66.3 Å². The number of aromatic amines is 1. The standard InChI is InChI=1S/C23H29F3N6O3/c1-15-18(21(34)30-22(28-15)32-10-12-35-13-11-32)3-5-20(33)29-17-6-8-31(9-7-17)19-4-2-16(14-27-19)23(24,25)26/h2,4,14,17H,3,5-13H2,1H3,(H,29,33)(H,28,30,34). The van der Waals surface area contributed by atoms with E-state index in [0.29, 0.717) is 75.3 Å². The summed E-state index contributed by atoms with van der Waals surface area (Å²) in [6.07, 6.45) is -1.79. The fraction of sp³-hybridized carbons (Fsp3) is 0.565. The largest absolute Gasteiger partial charge is 0.417 e. The molecular weight excluding hydrogens is 465 g/mol. The number of H-pyrrole nitrogens is 1. The average molecular weight is 495 g/mol. The number of anilines is 2. The first-order chi connectivity index (χ1) is 16.7. The Balaban J connectivity index is 1.25. The van der Waals surface area contributed by atoms with Gasteiger partial charge in [0.1, 0.15) is 5.82 Å². The third-order valence-electron chi connectivity index (χ3n) is 6.38. The molecule has 0 atom stereocenters. The molecule has 0 unspecified atom stereocenters. The minimum absolute atomic E-state index is 0.0330. The molecule has 35 heavy (non-hydrogen) atoms. The topological polar surface area (TPSA) is 103 Å². The van der Waals surface area contributed by atoms with Crippen LogP contribution < -0.4 is 20.7 Å². The number of nitrogens with zero attached hydrogens (tertiary/aromatic N) is 4. The molecule has 1 amide bonds. The number of halogens is 3. The lowest BCUT2D eigenvalue weighted by Gasteiger charge is -2.33. The van der Waals surface area contributed by atoms with Gasteiger partial charge in [-0.15, -0.1) is 0 Å². The van der Waals surface area contributed by atoms with Crippen molar-refractivity contribution in [3.63, 3.8) is 0 Å². The minimum atomic E-state index is -4.41. The van der Waals surface area contributed by atoms with Crippen LogP contribution in [0.15, 0.2) is 23.1 Å². The van der Waals surface area contributed by atoms with E-state index in [1.807, 2.05) is 9.80 Å². The Morgan fingerprint density at radius 1 is 1.17 bits per heavy atom. The third kappa shape index (κ3) is 6.30. The number of ether oxygens (including phenoxy) is 1. The van der Waals surface area contributed by atoms with Crippen molar-refractivity contribution in [3.8, 4) is 0 Å². The first-order valence-electron chi connectivity index (χ1n) is 11.7. The molecule has 0 bridgehead atoms. The lowest BCUT2D eigenvalue weighted by Crippen LogP contribution is -2.45. The molecule has 4 rings (SSSR count). The number of carbonyl (C=O) groups excluding carboxylic acids is 1. The summed E-state index contributed by atoms with van der Waals surface area (Å²) < 4.78 is 43.5. The Morgan fingerprint density at radius 3 is 2.49 bits per heavy atom. The molecule has 2 aromatic rings. The molecule has 0 radical (unpaired) electrons. The number of alkyl halides is 3. The fourth-order valence-corrected chi connectivity index (χ4v) is 4.35. The molecule has 190 valence electrons. The molecular formula is C23H29F3N6O3. The van der Waals surface area contributed by atoms with E-state index in [9.17, 15) is 22.8 Å². The van der Waals surface area contributed by atoms with Crippen LogP contribution in [0, 0.1) is 6.92 Å². The Kier molecular flexibility index (Phi) is 7.58. The summed E-state index contributed by atoms with van der Waals surface area (Å²) in [6.45, 7) is 5.44. The van der Waals surface area contributed by atoms with Gasteiger partial charge in [0.25, 0.3) is 5.56 Å². The normalized spacial score (nSPS) is 17.5. The zero-order valence-electron chi connectivity index (χ0n) is 19.5. The molecule has 0 spiro atoms. The number of hydrogen-bond donors (Lipinski definition) is 2. The number of piperidine rings is 1. The minimum Gasteiger partial charge on any atom is -0.378 e. The molecule has 12 heteroatoms. The van der Waals surface area contributed by atoms with Gasteiger partial charge in [-0.2, -0.15) is 13.2 Å². The van der Waals surface area contributed by atoms with Crippen LogP contribution >= 0.6 is 0 Å². The quantitative estimate of drug-likeness (QED) is 0.634. The molecule has 4 heterocycles. The summed E-state index contributed by atoms with van der Waals surface area (Å²) in [7, 11) is 0. The number of amides is 1. The Hall–Kier alpha value is -3.15. The number of rotatable bonds is 6. The number of nitrogens with one attached hydrogen (secondary N) is 2. The van der Waals surface area contributed by atoms with Crippen molar-refractivity contribution in [2.24, 2.45) is 0 Å². The van der Waals surface area contributed by atoms with E-state index in [4.69, 9.17) is 4.74 Å². The van der Waals surface area contributed by atoms with Gasteiger partial charge in [-0.25, -0.2) is 9.97 Å².